The van der Waals surface area contributed by atoms with Crippen LogP contribution in [0.4, 0.5) is 5.00 Å². The lowest BCUT2D eigenvalue weighted by Crippen LogP contribution is -2.36. The summed E-state index contributed by atoms with van der Waals surface area (Å²) in [6, 6.07) is 11.9. The van der Waals surface area contributed by atoms with E-state index in [0.29, 0.717) is 23.1 Å². The lowest BCUT2D eigenvalue weighted by Gasteiger charge is -2.23. The van der Waals surface area contributed by atoms with Crippen molar-refractivity contribution in [2.45, 2.75) is 70.4 Å². The molecule has 3 aromatic rings. The van der Waals surface area contributed by atoms with Crippen molar-refractivity contribution in [1.82, 2.24) is 5.32 Å². The van der Waals surface area contributed by atoms with Crippen LogP contribution in [0.1, 0.15) is 76.9 Å². The molecule has 1 fully saturated rings. The number of benzene rings is 2. The van der Waals surface area contributed by atoms with E-state index in [0.717, 1.165) is 64.7 Å². The summed E-state index contributed by atoms with van der Waals surface area (Å²) in [7, 11) is 1.60. The number of amides is 1. The zero-order chi connectivity index (χ0) is 26.5. The summed E-state index contributed by atoms with van der Waals surface area (Å²) in [6.07, 6.45) is 11.8. The molecule has 0 saturated heterocycles. The molecule has 0 bridgehead atoms. The van der Waals surface area contributed by atoms with Crippen molar-refractivity contribution in [2.24, 2.45) is 4.99 Å². The Hall–Kier alpha value is -2.35. The first kappa shape index (κ1) is 27.2. The second-order valence-electron chi connectivity index (χ2n) is 9.91. The number of hydrogen-bond donors (Lipinski definition) is 1. The number of ether oxygens (including phenoxy) is 2. The quantitative estimate of drug-likeness (QED) is 0.259. The fraction of sp³-hybridized carbons (Fsp3) is 0.400. The molecule has 1 amide bonds. The molecule has 2 aliphatic carbocycles. The van der Waals surface area contributed by atoms with Gasteiger partial charge < -0.3 is 14.8 Å². The highest BCUT2D eigenvalue weighted by Crippen LogP contribution is 2.41. The number of nitrogens with one attached hydrogen (secondary N) is 1. The number of aliphatic imine (C=N–C) groups is 1. The normalized spacial score (nSPS) is 15.9. The third-order valence-corrected chi connectivity index (χ3v) is 9.21. The molecule has 2 aromatic carbocycles. The van der Waals surface area contributed by atoms with Crippen LogP contribution in [0.3, 0.4) is 0 Å². The molecule has 38 heavy (non-hydrogen) atoms. The summed E-state index contributed by atoms with van der Waals surface area (Å²) in [5.74, 6) is 1.06. The molecular weight excluding hydrogens is 584 g/mol. The highest BCUT2D eigenvalue weighted by Gasteiger charge is 2.27. The number of rotatable bonds is 8. The number of aryl methyl sites for hydroxylation is 1. The van der Waals surface area contributed by atoms with Gasteiger partial charge in [-0.1, -0.05) is 58.9 Å². The van der Waals surface area contributed by atoms with Crippen LogP contribution in [0.5, 0.6) is 11.5 Å². The Morgan fingerprint density at radius 1 is 1.13 bits per heavy atom. The van der Waals surface area contributed by atoms with Crippen molar-refractivity contribution in [3.8, 4) is 11.5 Å². The molecule has 1 heterocycles. The van der Waals surface area contributed by atoms with Crippen molar-refractivity contribution in [3.63, 3.8) is 0 Å². The number of nitrogens with zero attached hydrogens (tertiary/aromatic N) is 1. The first-order valence-corrected chi connectivity index (χ1v) is 15.2. The van der Waals surface area contributed by atoms with Crippen molar-refractivity contribution < 1.29 is 14.3 Å². The van der Waals surface area contributed by atoms with Gasteiger partial charge >= 0.3 is 0 Å². The number of carbonyl (C=O) groups is 1. The van der Waals surface area contributed by atoms with Crippen molar-refractivity contribution in [1.29, 1.82) is 0 Å². The van der Waals surface area contributed by atoms with Crippen LogP contribution in [-0.2, 0) is 19.4 Å². The van der Waals surface area contributed by atoms with Crippen LogP contribution in [-0.4, -0.2) is 25.3 Å². The SMILES string of the molecule is COc1cc(C=Nc2sc3c(c2C(=O)NC2CCCCC2)CCCC3)cc(Cl)c1OCc1ccc(Br)cc1. The zero-order valence-corrected chi connectivity index (χ0v) is 24.7. The fourth-order valence-electron chi connectivity index (χ4n) is 5.20. The largest absolute Gasteiger partial charge is 0.493 e. The van der Waals surface area contributed by atoms with Crippen LogP contribution < -0.4 is 14.8 Å². The van der Waals surface area contributed by atoms with Gasteiger partial charge in [-0.05, 0) is 79.5 Å². The molecular formula is C30H32BrClN2O3S. The predicted octanol–water partition coefficient (Wildman–Crippen LogP) is 8.44. The summed E-state index contributed by atoms with van der Waals surface area (Å²) in [5, 5.41) is 4.53. The molecule has 1 aromatic heterocycles. The van der Waals surface area contributed by atoms with Gasteiger partial charge in [0.15, 0.2) is 11.5 Å². The summed E-state index contributed by atoms with van der Waals surface area (Å²) in [4.78, 5) is 19.6. The van der Waals surface area contributed by atoms with Gasteiger partial charge in [-0.15, -0.1) is 11.3 Å². The van der Waals surface area contributed by atoms with Gasteiger partial charge in [-0.3, -0.25) is 4.79 Å². The zero-order valence-electron chi connectivity index (χ0n) is 21.5. The predicted molar refractivity (Wildman–Crippen MR) is 159 cm³/mol. The Labute approximate surface area is 241 Å². The van der Waals surface area contributed by atoms with E-state index in [1.165, 1.54) is 29.7 Å². The van der Waals surface area contributed by atoms with Gasteiger partial charge in [0, 0.05) is 21.6 Å². The van der Waals surface area contributed by atoms with E-state index in [1.807, 2.05) is 36.4 Å². The Kier molecular flexibility index (Phi) is 9.08. The van der Waals surface area contributed by atoms with Crippen molar-refractivity contribution >= 4 is 56.0 Å². The minimum absolute atomic E-state index is 0.0238. The van der Waals surface area contributed by atoms with Gasteiger partial charge in [-0.2, -0.15) is 0 Å². The number of methoxy groups -OCH3 is 1. The number of fused-ring (bicyclic) bond motifs is 1. The lowest BCUT2D eigenvalue weighted by atomic mass is 9.93. The molecule has 200 valence electrons. The van der Waals surface area contributed by atoms with Gasteiger partial charge in [0.25, 0.3) is 5.91 Å². The molecule has 5 rings (SSSR count). The minimum atomic E-state index is 0.0238. The average Bonchev–Trinajstić information content (AvgIpc) is 3.31. The molecule has 0 aliphatic heterocycles. The average molecular weight is 616 g/mol. The van der Waals surface area contributed by atoms with Gasteiger partial charge in [-0.25, -0.2) is 4.99 Å². The molecule has 0 spiro atoms. The molecule has 0 atom stereocenters. The van der Waals surface area contributed by atoms with Crippen LogP contribution in [0.2, 0.25) is 5.02 Å². The van der Waals surface area contributed by atoms with Gasteiger partial charge in [0.2, 0.25) is 0 Å². The minimum Gasteiger partial charge on any atom is -0.493 e. The van der Waals surface area contributed by atoms with Crippen LogP contribution in [0, 0.1) is 0 Å². The number of thiophene rings is 1. The second-order valence-corrected chi connectivity index (χ2v) is 12.3. The smallest absolute Gasteiger partial charge is 0.254 e. The lowest BCUT2D eigenvalue weighted by molar-refractivity contribution is 0.0927. The highest BCUT2D eigenvalue weighted by molar-refractivity contribution is 9.10. The maximum Gasteiger partial charge on any atom is 0.254 e. The third kappa shape index (κ3) is 6.44. The Morgan fingerprint density at radius 3 is 2.66 bits per heavy atom. The summed E-state index contributed by atoms with van der Waals surface area (Å²) in [5.41, 5.74) is 3.76. The van der Waals surface area contributed by atoms with E-state index in [2.05, 4.69) is 21.2 Å². The van der Waals surface area contributed by atoms with E-state index in [9.17, 15) is 4.79 Å². The standard InChI is InChI=1S/C30H32BrClN2O3S/c1-36-25-16-20(15-24(32)28(25)37-18-19-11-13-21(31)14-12-19)17-33-30-27(23-9-5-6-10-26(23)38-30)29(35)34-22-7-3-2-4-8-22/h11-17,22H,2-10,18H2,1H3,(H,34,35). The first-order chi connectivity index (χ1) is 18.5. The van der Waals surface area contributed by atoms with E-state index >= 15 is 0 Å². The van der Waals surface area contributed by atoms with Crippen LogP contribution in [0.15, 0.2) is 45.9 Å². The molecule has 0 radical (unpaired) electrons. The summed E-state index contributed by atoms with van der Waals surface area (Å²) >= 11 is 11.7. The molecule has 1 N–H and O–H groups in total. The Morgan fingerprint density at radius 2 is 1.89 bits per heavy atom. The molecule has 8 heteroatoms. The van der Waals surface area contributed by atoms with Crippen molar-refractivity contribution in [3.05, 3.63) is 73.0 Å². The Balaban J connectivity index is 1.37. The maximum atomic E-state index is 13.4. The summed E-state index contributed by atoms with van der Waals surface area (Å²) in [6.45, 7) is 0.372. The number of carbonyl (C=O) groups excluding carboxylic acids is 1. The fourth-order valence-corrected chi connectivity index (χ4v) is 6.97. The van der Waals surface area contributed by atoms with Crippen LogP contribution >= 0.6 is 38.9 Å². The molecule has 2 aliphatic rings. The maximum absolute atomic E-state index is 13.4. The molecule has 1 saturated carbocycles. The van der Waals surface area contributed by atoms with Gasteiger partial charge in [0.1, 0.15) is 11.6 Å². The first-order valence-electron chi connectivity index (χ1n) is 13.3. The number of halogens is 2. The van der Waals surface area contributed by atoms with E-state index in [1.54, 1.807) is 24.7 Å². The van der Waals surface area contributed by atoms with E-state index in [-0.39, 0.29) is 11.9 Å². The monoisotopic (exact) mass is 614 g/mol. The molecule has 5 nitrogen and oxygen atoms in total. The van der Waals surface area contributed by atoms with E-state index in [4.69, 9.17) is 26.1 Å². The molecule has 0 unspecified atom stereocenters. The topological polar surface area (TPSA) is 59.9 Å². The Bertz CT molecular complexity index is 1320. The third-order valence-electron chi connectivity index (χ3n) is 7.20. The van der Waals surface area contributed by atoms with Crippen LogP contribution in [0.25, 0.3) is 0 Å². The van der Waals surface area contributed by atoms with E-state index < -0.39 is 0 Å². The summed E-state index contributed by atoms with van der Waals surface area (Å²) < 4.78 is 12.6. The van der Waals surface area contributed by atoms with Crippen molar-refractivity contribution in [2.75, 3.05) is 7.11 Å². The van der Waals surface area contributed by atoms with Gasteiger partial charge in [0.05, 0.1) is 17.7 Å². The second kappa shape index (κ2) is 12.7. The number of hydrogen-bond acceptors (Lipinski definition) is 5. The highest BCUT2D eigenvalue weighted by atomic mass is 79.9.